The van der Waals surface area contributed by atoms with Crippen LogP contribution in [0.1, 0.15) is 50.7 Å². The predicted molar refractivity (Wildman–Crippen MR) is 110 cm³/mol. The summed E-state index contributed by atoms with van der Waals surface area (Å²) in [5.74, 6) is 2.15. The van der Waals surface area contributed by atoms with Crippen LogP contribution < -0.4 is 20.7 Å². The standard InChI is InChI=1S/C21H34N4O2/c1-4-22-21(24-13-7-12-23-20(26)17-8-6-9-17)25-15-18-11-10-16(3)14-19(18)27-5-2/h10-11,14,17H,4-9,12-13,15H2,1-3H3,(H,23,26)(H2,22,24,25). The van der Waals surface area contributed by atoms with Crippen molar-refractivity contribution < 1.29 is 9.53 Å². The van der Waals surface area contributed by atoms with Gasteiger partial charge in [-0.3, -0.25) is 4.79 Å². The molecule has 6 nitrogen and oxygen atoms in total. The summed E-state index contributed by atoms with van der Waals surface area (Å²) in [6, 6.07) is 6.21. The molecule has 0 aromatic heterocycles. The Kier molecular flexibility index (Phi) is 8.95. The average molecular weight is 375 g/mol. The van der Waals surface area contributed by atoms with E-state index < -0.39 is 0 Å². The van der Waals surface area contributed by atoms with Crippen LogP contribution in [0.3, 0.4) is 0 Å². The molecular formula is C21H34N4O2. The molecule has 0 atom stereocenters. The van der Waals surface area contributed by atoms with Gasteiger partial charge in [-0.05, 0) is 51.7 Å². The summed E-state index contributed by atoms with van der Waals surface area (Å²) in [5.41, 5.74) is 2.26. The minimum atomic E-state index is 0.213. The Morgan fingerprint density at radius 1 is 1.19 bits per heavy atom. The second kappa shape index (κ2) is 11.5. The Morgan fingerprint density at radius 3 is 2.63 bits per heavy atom. The molecule has 0 heterocycles. The lowest BCUT2D eigenvalue weighted by atomic mass is 9.85. The van der Waals surface area contributed by atoms with E-state index in [-0.39, 0.29) is 11.8 Å². The summed E-state index contributed by atoms with van der Waals surface area (Å²) in [7, 11) is 0. The molecular weight excluding hydrogens is 340 g/mol. The molecule has 0 bridgehead atoms. The third-order valence-electron chi connectivity index (χ3n) is 4.70. The normalized spacial score (nSPS) is 14.4. The minimum Gasteiger partial charge on any atom is -0.494 e. The molecule has 1 fully saturated rings. The first kappa shape index (κ1) is 21.1. The van der Waals surface area contributed by atoms with Crippen LogP contribution >= 0.6 is 0 Å². The number of hydrogen-bond donors (Lipinski definition) is 3. The third-order valence-corrected chi connectivity index (χ3v) is 4.70. The number of aryl methyl sites for hydroxylation is 1. The van der Waals surface area contributed by atoms with Crippen molar-refractivity contribution in [3.8, 4) is 5.75 Å². The monoisotopic (exact) mass is 374 g/mol. The van der Waals surface area contributed by atoms with Gasteiger partial charge >= 0.3 is 0 Å². The zero-order valence-electron chi connectivity index (χ0n) is 16.9. The van der Waals surface area contributed by atoms with Crippen molar-refractivity contribution in [1.29, 1.82) is 0 Å². The second-order valence-corrected chi connectivity index (χ2v) is 6.94. The largest absolute Gasteiger partial charge is 0.494 e. The third kappa shape index (κ3) is 7.12. The van der Waals surface area contributed by atoms with Gasteiger partial charge < -0.3 is 20.7 Å². The smallest absolute Gasteiger partial charge is 0.223 e. The fourth-order valence-corrected chi connectivity index (χ4v) is 2.91. The first-order valence-electron chi connectivity index (χ1n) is 10.2. The second-order valence-electron chi connectivity index (χ2n) is 6.94. The molecule has 0 unspecified atom stereocenters. The van der Waals surface area contributed by atoms with Gasteiger partial charge in [0.15, 0.2) is 5.96 Å². The number of hydrogen-bond acceptors (Lipinski definition) is 3. The van der Waals surface area contributed by atoms with E-state index in [9.17, 15) is 4.79 Å². The summed E-state index contributed by atoms with van der Waals surface area (Å²) in [4.78, 5) is 16.5. The molecule has 1 aromatic rings. The summed E-state index contributed by atoms with van der Waals surface area (Å²) in [6.45, 7) is 9.57. The SMILES string of the molecule is CCNC(=NCc1ccc(C)cc1OCC)NCCCNC(=O)C1CCC1. The molecule has 27 heavy (non-hydrogen) atoms. The van der Waals surface area contributed by atoms with Crippen molar-refractivity contribution in [3.05, 3.63) is 29.3 Å². The topological polar surface area (TPSA) is 74.8 Å². The zero-order valence-corrected chi connectivity index (χ0v) is 16.9. The predicted octanol–water partition coefficient (Wildman–Crippen LogP) is 2.76. The highest BCUT2D eigenvalue weighted by molar-refractivity contribution is 5.80. The molecule has 2 rings (SSSR count). The molecule has 0 spiro atoms. The van der Waals surface area contributed by atoms with Crippen LogP contribution in [-0.2, 0) is 11.3 Å². The van der Waals surface area contributed by atoms with Crippen LogP contribution in [0.4, 0.5) is 0 Å². The van der Waals surface area contributed by atoms with Crippen molar-refractivity contribution in [2.75, 3.05) is 26.2 Å². The zero-order chi connectivity index (χ0) is 19.5. The van der Waals surface area contributed by atoms with Gasteiger partial charge in [-0.1, -0.05) is 18.6 Å². The van der Waals surface area contributed by atoms with E-state index in [0.29, 0.717) is 19.7 Å². The van der Waals surface area contributed by atoms with Gasteiger partial charge in [0, 0.05) is 31.1 Å². The first-order chi connectivity index (χ1) is 13.1. The average Bonchev–Trinajstić information content (AvgIpc) is 2.59. The van der Waals surface area contributed by atoms with Crippen molar-refractivity contribution in [2.45, 2.75) is 53.0 Å². The molecule has 1 saturated carbocycles. The molecule has 0 radical (unpaired) electrons. The summed E-state index contributed by atoms with van der Waals surface area (Å²) < 4.78 is 5.73. The molecule has 6 heteroatoms. The highest BCUT2D eigenvalue weighted by Gasteiger charge is 2.24. The van der Waals surface area contributed by atoms with E-state index in [4.69, 9.17) is 4.74 Å². The number of carbonyl (C=O) groups excluding carboxylic acids is 1. The lowest BCUT2D eigenvalue weighted by Crippen LogP contribution is -2.39. The van der Waals surface area contributed by atoms with Crippen molar-refractivity contribution in [3.63, 3.8) is 0 Å². The highest BCUT2D eigenvalue weighted by Crippen LogP contribution is 2.26. The lowest BCUT2D eigenvalue weighted by Gasteiger charge is -2.24. The Balaban J connectivity index is 1.78. The van der Waals surface area contributed by atoms with E-state index in [2.05, 4.69) is 46.1 Å². The van der Waals surface area contributed by atoms with Gasteiger partial charge in [-0.25, -0.2) is 4.99 Å². The number of carbonyl (C=O) groups is 1. The van der Waals surface area contributed by atoms with Gasteiger partial charge in [-0.15, -0.1) is 0 Å². The maximum Gasteiger partial charge on any atom is 0.223 e. The molecule has 1 aliphatic carbocycles. The van der Waals surface area contributed by atoms with E-state index in [0.717, 1.165) is 49.6 Å². The first-order valence-corrected chi connectivity index (χ1v) is 10.2. The Labute approximate surface area is 163 Å². The maximum atomic E-state index is 11.8. The number of guanidine groups is 1. The van der Waals surface area contributed by atoms with Crippen molar-refractivity contribution in [2.24, 2.45) is 10.9 Å². The summed E-state index contributed by atoms with van der Waals surface area (Å²) >= 11 is 0. The number of nitrogens with one attached hydrogen (secondary N) is 3. The van der Waals surface area contributed by atoms with Gasteiger partial charge in [0.05, 0.1) is 13.2 Å². The van der Waals surface area contributed by atoms with Crippen LogP contribution in [0.5, 0.6) is 5.75 Å². The fraction of sp³-hybridized carbons (Fsp3) is 0.619. The molecule has 1 aliphatic rings. The van der Waals surface area contributed by atoms with Crippen LogP contribution in [0, 0.1) is 12.8 Å². The van der Waals surface area contributed by atoms with Crippen LogP contribution in [-0.4, -0.2) is 38.1 Å². The molecule has 3 N–H and O–H groups in total. The Bertz CT molecular complexity index is 627. The molecule has 0 saturated heterocycles. The number of aliphatic imine (C=N–C) groups is 1. The van der Waals surface area contributed by atoms with Crippen molar-refractivity contribution >= 4 is 11.9 Å². The molecule has 1 amide bonds. The van der Waals surface area contributed by atoms with E-state index >= 15 is 0 Å². The Hall–Kier alpha value is -2.24. The number of ether oxygens (including phenoxy) is 1. The number of amides is 1. The van der Waals surface area contributed by atoms with Crippen LogP contribution in [0.15, 0.2) is 23.2 Å². The van der Waals surface area contributed by atoms with Crippen LogP contribution in [0.25, 0.3) is 0 Å². The summed E-state index contributed by atoms with van der Waals surface area (Å²) in [5, 5.41) is 9.61. The summed E-state index contributed by atoms with van der Waals surface area (Å²) in [6.07, 6.45) is 4.15. The number of rotatable bonds is 10. The number of nitrogens with zero attached hydrogens (tertiary/aromatic N) is 1. The van der Waals surface area contributed by atoms with E-state index in [1.54, 1.807) is 0 Å². The van der Waals surface area contributed by atoms with Gasteiger partial charge in [0.2, 0.25) is 5.91 Å². The number of benzene rings is 1. The fourth-order valence-electron chi connectivity index (χ4n) is 2.91. The molecule has 150 valence electrons. The molecule has 0 aliphatic heterocycles. The van der Waals surface area contributed by atoms with Gasteiger partial charge in [0.1, 0.15) is 5.75 Å². The van der Waals surface area contributed by atoms with E-state index in [1.165, 1.54) is 12.0 Å². The molecule has 1 aromatic carbocycles. The highest BCUT2D eigenvalue weighted by atomic mass is 16.5. The maximum absolute atomic E-state index is 11.8. The van der Waals surface area contributed by atoms with Crippen LogP contribution in [0.2, 0.25) is 0 Å². The minimum absolute atomic E-state index is 0.213. The van der Waals surface area contributed by atoms with E-state index in [1.807, 2.05) is 13.8 Å². The quantitative estimate of drug-likeness (QED) is 0.334. The Morgan fingerprint density at radius 2 is 1.96 bits per heavy atom. The van der Waals surface area contributed by atoms with Gasteiger partial charge in [-0.2, -0.15) is 0 Å². The lowest BCUT2D eigenvalue weighted by molar-refractivity contribution is -0.127. The van der Waals surface area contributed by atoms with Gasteiger partial charge in [0.25, 0.3) is 0 Å². The van der Waals surface area contributed by atoms with Crippen molar-refractivity contribution in [1.82, 2.24) is 16.0 Å².